The first kappa shape index (κ1) is 23.3. The average Bonchev–Trinajstić information content (AvgIpc) is 3.16. The SMILES string of the molecule is COC(=O)c1sc(NC(=S)Nc2cccc3c2C(=O)c2ccccc2C3=O)c(C(=O)OC)c1C. The van der Waals surface area contributed by atoms with Gasteiger partial charge in [0.05, 0.1) is 31.0 Å². The molecule has 1 aliphatic carbocycles. The van der Waals surface area contributed by atoms with Gasteiger partial charge in [0.1, 0.15) is 9.88 Å². The van der Waals surface area contributed by atoms with Crippen LogP contribution in [0.1, 0.15) is 57.4 Å². The summed E-state index contributed by atoms with van der Waals surface area (Å²) in [6, 6.07) is 11.5. The number of ketones is 2. The predicted octanol–water partition coefficient (Wildman–Crippen LogP) is 4.21. The van der Waals surface area contributed by atoms with Crippen LogP contribution in [0.4, 0.5) is 10.7 Å². The summed E-state index contributed by atoms with van der Waals surface area (Å²) in [5, 5.41) is 6.17. The first-order chi connectivity index (χ1) is 16.3. The molecule has 4 rings (SSSR count). The first-order valence-electron chi connectivity index (χ1n) is 9.97. The standard InChI is InChI=1S/C24H18N2O6S2/c1-11-16(22(29)31-2)21(34-20(11)23(30)32-3)26-24(33)25-15-10-6-9-14-17(15)19(28)13-8-5-4-7-12(13)18(14)27/h4-10H,1-3H3,(H2,25,26,33). The Labute approximate surface area is 203 Å². The largest absolute Gasteiger partial charge is 0.465 e. The lowest BCUT2D eigenvalue weighted by Crippen LogP contribution is -2.25. The highest BCUT2D eigenvalue weighted by molar-refractivity contribution is 7.80. The van der Waals surface area contributed by atoms with Crippen molar-refractivity contribution < 1.29 is 28.7 Å². The Morgan fingerprint density at radius 2 is 1.47 bits per heavy atom. The molecule has 0 saturated heterocycles. The maximum Gasteiger partial charge on any atom is 0.348 e. The molecule has 0 unspecified atom stereocenters. The highest BCUT2D eigenvalue weighted by Gasteiger charge is 2.32. The van der Waals surface area contributed by atoms with Crippen LogP contribution in [0.25, 0.3) is 0 Å². The molecule has 8 nitrogen and oxygen atoms in total. The van der Waals surface area contributed by atoms with Gasteiger partial charge in [-0.25, -0.2) is 9.59 Å². The fourth-order valence-electron chi connectivity index (χ4n) is 3.74. The molecule has 0 aliphatic heterocycles. The second-order valence-corrected chi connectivity index (χ2v) is 8.68. The molecule has 1 aromatic heterocycles. The Kier molecular flexibility index (Phi) is 6.27. The molecule has 0 spiro atoms. The van der Waals surface area contributed by atoms with E-state index in [4.69, 9.17) is 21.7 Å². The topological polar surface area (TPSA) is 111 Å². The van der Waals surface area contributed by atoms with Gasteiger partial charge in [0, 0.05) is 16.7 Å². The van der Waals surface area contributed by atoms with Crippen molar-refractivity contribution in [3.63, 3.8) is 0 Å². The van der Waals surface area contributed by atoms with Crippen LogP contribution in [0.5, 0.6) is 0 Å². The molecule has 2 aromatic carbocycles. The first-order valence-corrected chi connectivity index (χ1v) is 11.2. The Balaban J connectivity index is 1.67. The van der Waals surface area contributed by atoms with Gasteiger partial charge in [-0.2, -0.15) is 0 Å². The van der Waals surface area contributed by atoms with Gasteiger partial charge in [0.2, 0.25) is 0 Å². The molecule has 0 radical (unpaired) electrons. The number of thiocarbonyl (C=S) groups is 1. The molecule has 2 N–H and O–H groups in total. The highest BCUT2D eigenvalue weighted by Crippen LogP contribution is 2.35. The van der Waals surface area contributed by atoms with E-state index < -0.39 is 11.9 Å². The number of ether oxygens (including phenoxy) is 2. The molecule has 0 amide bonds. The van der Waals surface area contributed by atoms with Crippen LogP contribution in [-0.2, 0) is 9.47 Å². The summed E-state index contributed by atoms with van der Waals surface area (Å²) in [5.74, 6) is -1.80. The van der Waals surface area contributed by atoms with E-state index in [0.717, 1.165) is 11.3 Å². The number of hydrogen-bond acceptors (Lipinski definition) is 8. The van der Waals surface area contributed by atoms with Crippen LogP contribution in [-0.4, -0.2) is 42.8 Å². The van der Waals surface area contributed by atoms with Gasteiger partial charge >= 0.3 is 11.9 Å². The van der Waals surface area contributed by atoms with Crippen LogP contribution in [0.15, 0.2) is 42.5 Å². The minimum Gasteiger partial charge on any atom is -0.465 e. The highest BCUT2D eigenvalue weighted by atomic mass is 32.1. The summed E-state index contributed by atoms with van der Waals surface area (Å²) in [6.07, 6.45) is 0. The number of fused-ring (bicyclic) bond motifs is 2. The number of carbonyl (C=O) groups is 4. The third-order valence-electron chi connectivity index (χ3n) is 5.33. The smallest absolute Gasteiger partial charge is 0.348 e. The molecular weight excluding hydrogens is 476 g/mol. The summed E-state index contributed by atoms with van der Waals surface area (Å²) in [4.78, 5) is 50.8. The van der Waals surface area contributed by atoms with E-state index in [2.05, 4.69) is 10.6 Å². The van der Waals surface area contributed by atoms with E-state index in [-0.39, 0.29) is 43.2 Å². The van der Waals surface area contributed by atoms with Crippen molar-refractivity contribution in [3.8, 4) is 0 Å². The summed E-state index contributed by atoms with van der Waals surface area (Å²) in [6.45, 7) is 1.60. The van der Waals surface area contributed by atoms with E-state index in [0.29, 0.717) is 22.4 Å². The monoisotopic (exact) mass is 494 g/mol. The van der Waals surface area contributed by atoms with Crippen molar-refractivity contribution in [2.75, 3.05) is 24.9 Å². The zero-order valence-corrected chi connectivity index (χ0v) is 19.9. The van der Waals surface area contributed by atoms with Crippen molar-refractivity contribution in [1.82, 2.24) is 0 Å². The Hall–Kier alpha value is -3.89. The molecule has 3 aromatic rings. The second kappa shape index (κ2) is 9.16. The van der Waals surface area contributed by atoms with E-state index in [1.165, 1.54) is 14.2 Å². The van der Waals surface area contributed by atoms with E-state index in [1.54, 1.807) is 49.4 Å². The summed E-state index contributed by atoms with van der Waals surface area (Å²) < 4.78 is 9.63. The number of benzene rings is 2. The van der Waals surface area contributed by atoms with Gasteiger partial charge in [0.15, 0.2) is 16.7 Å². The number of methoxy groups -OCH3 is 2. The van der Waals surface area contributed by atoms with Crippen LogP contribution < -0.4 is 10.6 Å². The summed E-state index contributed by atoms with van der Waals surface area (Å²) in [7, 11) is 2.47. The molecule has 0 atom stereocenters. The molecule has 1 aliphatic rings. The predicted molar refractivity (Wildman–Crippen MR) is 131 cm³/mol. The van der Waals surface area contributed by atoms with Crippen LogP contribution in [0.2, 0.25) is 0 Å². The maximum absolute atomic E-state index is 13.2. The molecular formula is C24H18N2O6S2. The lowest BCUT2D eigenvalue weighted by atomic mass is 9.83. The summed E-state index contributed by atoms with van der Waals surface area (Å²) in [5.41, 5.74) is 2.02. The molecule has 34 heavy (non-hydrogen) atoms. The molecule has 172 valence electrons. The third kappa shape index (κ3) is 3.87. The Bertz CT molecular complexity index is 1390. The van der Waals surface area contributed by atoms with Crippen molar-refractivity contribution in [2.45, 2.75) is 6.92 Å². The normalized spacial score (nSPS) is 11.9. The zero-order chi connectivity index (χ0) is 24.6. The number of thiophene rings is 1. The van der Waals surface area contributed by atoms with Crippen LogP contribution in [0, 0.1) is 6.92 Å². The average molecular weight is 495 g/mol. The van der Waals surface area contributed by atoms with Crippen molar-refractivity contribution >= 4 is 62.9 Å². The maximum atomic E-state index is 13.2. The Morgan fingerprint density at radius 3 is 2.12 bits per heavy atom. The van der Waals surface area contributed by atoms with Gasteiger partial charge in [-0.15, -0.1) is 11.3 Å². The minimum absolute atomic E-state index is 0.0512. The Morgan fingerprint density at radius 1 is 0.853 bits per heavy atom. The number of esters is 2. The third-order valence-corrected chi connectivity index (χ3v) is 6.73. The lowest BCUT2D eigenvalue weighted by Gasteiger charge is -2.21. The zero-order valence-electron chi connectivity index (χ0n) is 18.3. The van der Waals surface area contributed by atoms with Gasteiger partial charge < -0.3 is 20.1 Å². The van der Waals surface area contributed by atoms with Crippen LogP contribution in [0.3, 0.4) is 0 Å². The van der Waals surface area contributed by atoms with Gasteiger partial charge in [0.25, 0.3) is 0 Å². The van der Waals surface area contributed by atoms with Crippen molar-refractivity contribution in [3.05, 3.63) is 80.7 Å². The number of nitrogens with one attached hydrogen (secondary N) is 2. The number of carbonyl (C=O) groups excluding carboxylic acids is 4. The summed E-state index contributed by atoms with van der Waals surface area (Å²) >= 11 is 6.40. The number of anilines is 2. The van der Waals surface area contributed by atoms with Crippen LogP contribution >= 0.6 is 23.6 Å². The number of hydrogen-bond donors (Lipinski definition) is 2. The molecule has 1 heterocycles. The number of rotatable bonds is 4. The van der Waals surface area contributed by atoms with Gasteiger partial charge in [-0.05, 0) is 30.8 Å². The quantitative estimate of drug-likeness (QED) is 0.318. The fraction of sp³-hybridized carbons (Fsp3) is 0.125. The van der Waals surface area contributed by atoms with Crippen molar-refractivity contribution in [2.24, 2.45) is 0 Å². The molecule has 0 saturated carbocycles. The van der Waals surface area contributed by atoms with Crippen molar-refractivity contribution in [1.29, 1.82) is 0 Å². The molecule has 10 heteroatoms. The van der Waals surface area contributed by atoms with E-state index >= 15 is 0 Å². The fourth-order valence-corrected chi connectivity index (χ4v) is 5.14. The molecule has 0 bridgehead atoms. The molecule has 0 fully saturated rings. The van der Waals surface area contributed by atoms with Gasteiger partial charge in [-0.3, -0.25) is 9.59 Å². The lowest BCUT2D eigenvalue weighted by molar-refractivity contribution is 0.0601. The minimum atomic E-state index is -0.649. The van der Waals surface area contributed by atoms with E-state index in [1.807, 2.05) is 0 Å². The van der Waals surface area contributed by atoms with E-state index in [9.17, 15) is 19.2 Å². The second-order valence-electron chi connectivity index (χ2n) is 7.25. The van der Waals surface area contributed by atoms with Gasteiger partial charge in [-0.1, -0.05) is 36.4 Å².